The number of rotatable bonds is 2. The maximum absolute atomic E-state index is 13.2. The highest BCUT2D eigenvalue weighted by atomic mass is 32.2. The monoisotopic (exact) mass is 348 g/mol. The normalized spacial score (nSPS) is 27.7. The molecule has 0 bridgehead atoms. The van der Waals surface area contributed by atoms with E-state index in [-0.39, 0.29) is 6.42 Å². The van der Waals surface area contributed by atoms with E-state index in [0.29, 0.717) is 11.1 Å². The second-order valence-corrected chi connectivity index (χ2v) is 8.15. The zero-order chi connectivity index (χ0) is 17.7. The molecule has 2 rings (SSSR count). The SMILES string of the molecule is CC(C)(C)OC(=O)C1(SC(F)(F)F)Cc2ccccc2C1(C)O. The fourth-order valence-corrected chi connectivity index (χ4v) is 3.87. The van der Waals surface area contributed by atoms with Gasteiger partial charge < -0.3 is 9.84 Å². The summed E-state index contributed by atoms with van der Waals surface area (Å²) >= 11 is -0.500. The lowest BCUT2D eigenvalue weighted by atomic mass is 9.88. The van der Waals surface area contributed by atoms with Gasteiger partial charge in [-0.2, -0.15) is 13.2 Å². The number of carbonyl (C=O) groups excluding carboxylic acids is 1. The van der Waals surface area contributed by atoms with Gasteiger partial charge in [-0.1, -0.05) is 24.3 Å². The van der Waals surface area contributed by atoms with E-state index in [1.807, 2.05) is 0 Å². The average molecular weight is 348 g/mol. The summed E-state index contributed by atoms with van der Waals surface area (Å²) in [5.41, 5.74) is -6.81. The molecule has 23 heavy (non-hydrogen) atoms. The molecule has 0 saturated carbocycles. The molecular weight excluding hydrogens is 329 g/mol. The summed E-state index contributed by atoms with van der Waals surface area (Å²) in [5.74, 6) is -1.06. The van der Waals surface area contributed by atoms with Crippen LogP contribution < -0.4 is 0 Å². The van der Waals surface area contributed by atoms with Gasteiger partial charge in [-0.15, -0.1) is 0 Å². The number of halogens is 3. The van der Waals surface area contributed by atoms with Crippen molar-refractivity contribution in [3.63, 3.8) is 0 Å². The van der Waals surface area contributed by atoms with Crippen LogP contribution in [0.25, 0.3) is 0 Å². The molecule has 0 spiro atoms. The first-order chi connectivity index (χ1) is 10.3. The number of fused-ring (bicyclic) bond motifs is 1. The van der Waals surface area contributed by atoms with Gasteiger partial charge in [0.15, 0.2) is 4.75 Å². The van der Waals surface area contributed by atoms with Crippen molar-refractivity contribution in [3.05, 3.63) is 35.4 Å². The Morgan fingerprint density at radius 3 is 2.30 bits per heavy atom. The lowest BCUT2D eigenvalue weighted by molar-refractivity contribution is -0.165. The van der Waals surface area contributed by atoms with Gasteiger partial charge in [0.1, 0.15) is 11.2 Å². The van der Waals surface area contributed by atoms with E-state index in [0.717, 1.165) is 0 Å². The van der Waals surface area contributed by atoms with Crippen LogP contribution in [0.1, 0.15) is 38.8 Å². The van der Waals surface area contributed by atoms with Crippen LogP contribution >= 0.6 is 11.8 Å². The van der Waals surface area contributed by atoms with Crippen LogP contribution in [0.4, 0.5) is 13.2 Å². The highest BCUT2D eigenvalue weighted by Crippen LogP contribution is 2.57. The third-order valence-electron chi connectivity index (χ3n) is 3.79. The van der Waals surface area contributed by atoms with Crippen molar-refractivity contribution >= 4 is 17.7 Å². The maximum atomic E-state index is 13.2. The number of alkyl halides is 3. The van der Waals surface area contributed by atoms with Crippen molar-refractivity contribution in [1.82, 2.24) is 0 Å². The van der Waals surface area contributed by atoms with Gasteiger partial charge in [0.05, 0.1) is 0 Å². The molecular formula is C16H19F3O3S. The fraction of sp³-hybridized carbons (Fsp3) is 0.562. The molecule has 1 aliphatic carbocycles. The van der Waals surface area contributed by atoms with E-state index >= 15 is 0 Å². The van der Waals surface area contributed by atoms with Crippen LogP contribution in [0.5, 0.6) is 0 Å². The number of thioether (sulfide) groups is 1. The molecule has 0 amide bonds. The Hall–Kier alpha value is -1.21. The molecule has 2 unspecified atom stereocenters. The third kappa shape index (κ3) is 3.35. The Morgan fingerprint density at radius 1 is 1.26 bits per heavy atom. The number of carbonyl (C=O) groups is 1. The molecule has 1 aromatic carbocycles. The van der Waals surface area contributed by atoms with Crippen LogP contribution in [-0.2, 0) is 21.6 Å². The van der Waals surface area contributed by atoms with E-state index < -0.39 is 39.2 Å². The molecule has 7 heteroatoms. The largest absolute Gasteiger partial charge is 0.459 e. The summed E-state index contributed by atoms with van der Waals surface area (Å²) in [5, 5.41) is 10.9. The van der Waals surface area contributed by atoms with E-state index in [1.165, 1.54) is 6.92 Å². The summed E-state index contributed by atoms with van der Waals surface area (Å²) in [7, 11) is 0. The van der Waals surface area contributed by atoms with Gasteiger partial charge in [0.25, 0.3) is 0 Å². The van der Waals surface area contributed by atoms with E-state index in [2.05, 4.69) is 0 Å². The Kier molecular flexibility index (Phi) is 4.27. The minimum atomic E-state index is -4.69. The molecule has 0 aromatic heterocycles. The molecule has 3 nitrogen and oxygen atoms in total. The van der Waals surface area contributed by atoms with Crippen LogP contribution in [0.15, 0.2) is 24.3 Å². The van der Waals surface area contributed by atoms with Gasteiger partial charge in [-0.3, -0.25) is 4.79 Å². The van der Waals surface area contributed by atoms with Crippen molar-refractivity contribution < 1.29 is 27.8 Å². The van der Waals surface area contributed by atoms with Crippen molar-refractivity contribution in [2.45, 2.75) is 55.6 Å². The Morgan fingerprint density at radius 2 is 1.83 bits per heavy atom. The quantitative estimate of drug-likeness (QED) is 0.826. The summed E-state index contributed by atoms with van der Waals surface area (Å²) in [6.07, 6.45) is -0.241. The number of hydrogen-bond acceptors (Lipinski definition) is 4. The molecule has 1 N–H and O–H groups in total. The second-order valence-electron chi connectivity index (χ2n) is 6.78. The summed E-state index contributed by atoms with van der Waals surface area (Å²) in [4.78, 5) is 12.6. The van der Waals surface area contributed by atoms with Crippen molar-refractivity contribution in [2.75, 3.05) is 0 Å². The summed E-state index contributed by atoms with van der Waals surface area (Å²) in [6.45, 7) is 5.97. The first kappa shape index (κ1) is 18.1. The smallest absolute Gasteiger partial charge is 0.443 e. The Bertz CT molecular complexity index is 620. The van der Waals surface area contributed by atoms with Crippen LogP contribution in [0, 0.1) is 0 Å². The van der Waals surface area contributed by atoms with Crippen LogP contribution in [-0.4, -0.2) is 26.9 Å². The van der Waals surface area contributed by atoms with E-state index in [4.69, 9.17) is 4.74 Å². The first-order valence-corrected chi connectivity index (χ1v) is 7.91. The predicted octanol–water partition coefficient (Wildman–Crippen LogP) is 3.78. The second kappa shape index (κ2) is 5.41. The predicted molar refractivity (Wildman–Crippen MR) is 81.9 cm³/mol. The molecule has 0 aliphatic heterocycles. The van der Waals surface area contributed by atoms with Gasteiger partial charge in [0.2, 0.25) is 0 Å². The average Bonchev–Trinajstić information content (AvgIpc) is 2.55. The summed E-state index contributed by atoms with van der Waals surface area (Å²) < 4.78 is 42.5. The fourth-order valence-electron chi connectivity index (χ4n) is 2.81. The zero-order valence-corrected chi connectivity index (χ0v) is 14.1. The number of benzene rings is 1. The number of esters is 1. The maximum Gasteiger partial charge on any atom is 0.443 e. The molecule has 1 aliphatic rings. The molecule has 128 valence electrons. The summed E-state index contributed by atoms with van der Waals surface area (Å²) in [6, 6.07) is 6.44. The molecule has 0 fully saturated rings. The molecule has 0 heterocycles. The van der Waals surface area contributed by atoms with Gasteiger partial charge in [-0.05, 0) is 50.6 Å². The Balaban J connectivity index is 2.55. The molecule has 1 aromatic rings. The lowest BCUT2D eigenvalue weighted by Gasteiger charge is -2.39. The van der Waals surface area contributed by atoms with E-state index in [1.54, 1.807) is 45.0 Å². The van der Waals surface area contributed by atoms with Crippen LogP contribution in [0.3, 0.4) is 0 Å². The lowest BCUT2D eigenvalue weighted by Crippen LogP contribution is -2.54. The third-order valence-corrected chi connectivity index (χ3v) is 5.07. The molecule has 2 atom stereocenters. The number of aliphatic hydroxyl groups is 1. The number of ether oxygens (including phenoxy) is 1. The van der Waals surface area contributed by atoms with E-state index in [9.17, 15) is 23.1 Å². The minimum absolute atomic E-state index is 0.241. The zero-order valence-electron chi connectivity index (χ0n) is 13.3. The molecule has 0 saturated heterocycles. The highest BCUT2D eigenvalue weighted by Gasteiger charge is 2.65. The molecule has 0 radical (unpaired) electrons. The van der Waals surface area contributed by atoms with Gasteiger partial charge in [0, 0.05) is 6.42 Å². The highest BCUT2D eigenvalue weighted by molar-refractivity contribution is 8.02. The van der Waals surface area contributed by atoms with Gasteiger partial charge in [-0.25, -0.2) is 0 Å². The first-order valence-electron chi connectivity index (χ1n) is 7.10. The van der Waals surface area contributed by atoms with Gasteiger partial charge >= 0.3 is 11.5 Å². The van der Waals surface area contributed by atoms with Crippen molar-refractivity contribution in [3.8, 4) is 0 Å². The Labute approximate surface area is 137 Å². The topological polar surface area (TPSA) is 46.5 Å². The standard InChI is InChI=1S/C16H19F3O3S/c1-13(2,3)22-12(20)15(23-16(17,18)19)9-10-7-5-6-8-11(10)14(15,4)21/h5-8,21H,9H2,1-4H3. The van der Waals surface area contributed by atoms with Crippen molar-refractivity contribution in [2.24, 2.45) is 0 Å². The number of hydrogen-bond donors (Lipinski definition) is 1. The van der Waals surface area contributed by atoms with Crippen LogP contribution in [0.2, 0.25) is 0 Å². The van der Waals surface area contributed by atoms with Crippen molar-refractivity contribution in [1.29, 1.82) is 0 Å². The minimum Gasteiger partial charge on any atom is -0.459 e.